The first-order valence-electron chi connectivity index (χ1n) is 18.0. The van der Waals surface area contributed by atoms with Crippen molar-refractivity contribution in [1.29, 1.82) is 0 Å². The number of hydrogen-bond donors (Lipinski definition) is 0. The van der Waals surface area contributed by atoms with E-state index in [0.717, 1.165) is 0 Å². The Morgan fingerprint density at radius 2 is 0.481 bits per heavy atom. The molecule has 0 aliphatic rings. The topological polar surface area (TPSA) is 0 Å². The molecule has 0 nitrogen and oxygen atoms in total. The summed E-state index contributed by atoms with van der Waals surface area (Å²) in [5.41, 5.74) is 14.8. The molecule has 0 heteroatoms. The summed E-state index contributed by atoms with van der Waals surface area (Å²) in [6, 6.07) is 75.4. The molecular formula is C52H34. The lowest BCUT2D eigenvalue weighted by Crippen LogP contribution is -1.90. The molecule has 52 heavy (non-hydrogen) atoms. The van der Waals surface area contributed by atoms with Gasteiger partial charge in [-0.25, -0.2) is 0 Å². The summed E-state index contributed by atoms with van der Waals surface area (Å²) in [6.07, 6.45) is 0. The highest BCUT2D eigenvalue weighted by molar-refractivity contribution is 6.27. The molecular weight excluding hydrogens is 625 g/mol. The van der Waals surface area contributed by atoms with Crippen LogP contribution < -0.4 is 0 Å². The average Bonchev–Trinajstić information content (AvgIpc) is 3.23. The molecule has 0 fully saturated rings. The molecule has 10 rings (SSSR count). The fourth-order valence-electron chi connectivity index (χ4n) is 8.01. The minimum absolute atomic E-state index is 1.21. The minimum atomic E-state index is 1.21. The summed E-state index contributed by atoms with van der Waals surface area (Å²) in [6.45, 7) is 0. The van der Waals surface area contributed by atoms with Crippen molar-refractivity contribution < 1.29 is 0 Å². The molecule has 0 heterocycles. The second-order valence-electron chi connectivity index (χ2n) is 13.7. The number of benzene rings is 10. The van der Waals surface area contributed by atoms with E-state index in [1.807, 2.05) is 0 Å². The minimum Gasteiger partial charge on any atom is -0.0622 e. The summed E-state index contributed by atoms with van der Waals surface area (Å²) in [7, 11) is 0. The smallest absolute Gasteiger partial charge is 0.00203 e. The predicted octanol–water partition coefficient (Wildman–Crippen LogP) is 14.6. The molecule has 0 aromatic heterocycles. The van der Waals surface area contributed by atoms with E-state index in [4.69, 9.17) is 0 Å². The van der Waals surface area contributed by atoms with E-state index in [2.05, 4.69) is 206 Å². The first-order chi connectivity index (χ1) is 25.8. The van der Waals surface area contributed by atoms with Crippen molar-refractivity contribution in [1.82, 2.24) is 0 Å². The van der Waals surface area contributed by atoms with E-state index in [0.29, 0.717) is 0 Å². The van der Waals surface area contributed by atoms with Gasteiger partial charge in [-0.2, -0.15) is 0 Å². The molecule has 0 radical (unpaired) electrons. The molecule has 10 aromatic carbocycles. The van der Waals surface area contributed by atoms with Crippen LogP contribution in [0, 0.1) is 0 Å². The Labute approximate surface area is 304 Å². The van der Waals surface area contributed by atoms with Crippen LogP contribution in [0.3, 0.4) is 0 Å². The lowest BCUT2D eigenvalue weighted by molar-refractivity contribution is 1.56. The normalized spacial score (nSPS) is 11.5. The third-order valence-corrected chi connectivity index (χ3v) is 10.6. The van der Waals surface area contributed by atoms with Gasteiger partial charge in [0, 0.05) is 0 Å². The highest BCUT2D eigenvalue weighted by atomic mass is 14.2. The Hall–Kier alpha value is -6.76. The maximum Gasteiger partial charge on any atom is -0.00203 e. The fourth-order valence-corrected chi connectivity index (χ4v) is 8.01. The Kier molecular flexibility index (Phi) is 7.25. The molecule has 0 saturated heterocycles. The van der Waals surface area contributed by atoms with Crippen LogP contribution in [0.25, 0.3) is 99.1 Å². The third-order valence-electron chi connectivity index (χ3n) is 10.6. The quantitative estimate of drug-likeness (QED) is 0.156. The summed E-state index contributed by atoms with van der Waals surface area (Å²) < 4.78 is 0. The van der Waals surface area contributed by atoms with Crippen LogP contribution >= 0.6 is 0 Å². The lowest BCUT2D eigenvalue weighted by Gasteiger charge is -2.17. The Morgan fingerprint density at radius 1 is 0.192 bits per heavy atom. The maximum absolute atomic E-state index is 2.32. The van der Waals surface area contributed by atoms with Gasteiger partial charge in [0.1, 0.15) is 0 Å². The van der Waals surface area contributed by atoms with E-state index >= 15 is 0 Å². The Morgan fingerprint density at radius 3 is 0.865 bits per heavy atom. The molecule has 0 bridgehead atoms. The maximum atomic E-state index is 2.32. The lowest BCUT2D eigenvalue weighted by atomic mass is 9.87. The van der Waals surface area contributed by atoms with Crippen LogP contribution in [0.4, 0.5) is 0 Å². The monoisotopic (exact) mass is 658 g/mol. The zero-order valence-corrected chi connectivity index (χ0v) is 28.6. The van der Waals surface area contributed by atoms with Crippen molar-refractivity contribution in [3.8, 4) is 66.8 Å². The Bertz CT molecular complexity index is 2770. The van der Waals surface area contributed by atoms with Crippen LogP contribution in [0.5, 0.6) is 0 Å². The summed E-state index contributed by atoms with van der Waals surface area (Å²) >= 11 is 0. The first kappa shape index (κ1) is 30.1. The van der Waals surface area contributed by atoms with Crippen molar-refractivity contribution >= 4 is 32.3 Å². The largest absolute Gasteiger partial charge is 0.0622 e. The van der Waals surface area contributed by atoms with Gasteiger partial charge in [-0.1, -0.05) is 188 Å². The van der Waals surface area contributed by atoms with E-state index in [-0.39, 0.29) is 0 Å². The van der Waals surface area contributed by atoms with Gasteiger partial charge in [-0.15, -0.1) is 0 Å². The molecule has 0 aliphatic heterocycles. The Balaban J connectivity index is 1.06. The molecule has 242 valence electrons. The average molecular weight is 659 g/mol. The molecule has 0 aliphatic carbocycles. The summed E-state index contributed by atoms with van der Waals surface area (Å²) in [4.78, 5) is 0. The zero-order valence-electron chi connectivity index (χ0n) is 28.6. The third kappa shape index (κ3) is 5.25. The van der Waals surface area contributed by atoms with E-state index < -0.39 is 0 Å². The first-order valence-corrected chi connectivity index (χ1v) is 18.0. The zero-order chi connectivity index (χ0) is 34.4. The van der Waals surface area contributed by atoms with Crippen LogP contribution in [0.1, 0.15) is 0 Å². The van der Waals surface area contributed by atoms with Crippen molar-refractivity contribution in [2.75, 3.05) is 0 Å². The number of hydrogen-bond acceptors (Lipinski definition) is 0. The van der Waals surface area contributed by atoms with Crippen molar-refractivity contribution in [2.24, 2.45) is 0 Å². The highest BCUT2D eigenvalue weighted by Gasteiger charge is 2.15. The molecule has 0 spiro atoms. The van der Waals surface area contributed by atoms with Crippen LogP contribution in [0.15, 0.2) is 206 Å². The van der Waals surface area contributed by atoms with E-state index in [1.54, 1.807) is 0 Å². The number of rotatable bonds is 6. The van der Waals surface area contributed by atoms with Crippen LogP contribution in [-0.4, -0.2) is 0 Å². The second kappa shape index (κ2) is 12.5. The standard InChI is InChI=1S/C52H34/c1-4-10-35(11-5-1)38-16-20-40(21-17-38)47-28-24-42-27-31-50-48(29-25-43-26-30-49(47)51(42)52(43)50)41-22-18-39(19-23-41)46-33-44(36-12-6-2-7-13-36)32-45(34-46)37-14-8-3-9-15-37/h1-34H. The van der Waals surface area contributed by atoms with Crippen molar-refractivity contribution in [3.63, 3.8) is 0 Å². The summed E-state index contributed by atoms with van der Waals surface area (Å²) in [5, 5.41) is 7.81. The predicted molar refractivity (Wildman–Crippen MR) is 223 cm³/mol. The van der Waals surface area contributed by atoms with Gasteiger partial charge < -0.3 is 0 Å². The van der Waals surface area contributed by atoms with E-state index in [1.165, 1.54) is 99.1 Å². The van der Waals surface area contributed by atoms with Gasteiger partial charge in [0.05, 0.1) is 0 Å². The molecule has 0 atom stereocenters. The van der Waals surface area contributed by atoms with E-state index in [9.17, 15) is 0 Å². The molecule has 0 N–H and O–H groups in total. The molecule has 0 amide bonds. The fraction of sp³-hybridized carbons (Fsp3) is 0. The SMILES string of the molecule is c1ccc(-c2ccc(-c3ccc4ccc5c(-c6ccc(-c7cc(-c8ccccc8)cc(-c8ccccc8)c7)cc6)ccc6ccc3c4c65)cc2)cc1. The molecule has 0 saturated carbocycles. The molecule has 10 aromatic rings. The van der Waals surface area contributed by atoms with Gasteiger partial charge in [-0.05, 0) is 117 Å². The van der Waals surface area contributed by atoms with Gasteiger partial charge in [0.2, 0.25) is 0 Å². The van der Waals surface area contributed by atoms with Crippen LogP contribution in [0.2, 0.25) is 0 Å². The second-order valence-corrected chi connectivity index (χ2v) is 13.7. The van der Waals surface area contributed by atoms with Crippen molar-refractivity contribution in [3.05, 3.63) is 206 Å². The van der Waals surface area contributed by atoms with Gasteiger partial charge >= 0.3 is 0 Å². The molecule has 0 unspecified atom stereocenters. The van der Waals surface area contributed by atoms with Gasteiger partial charge in [0.15, 0.2) is 0 Å². The van der Waals surface area contributed by atoms with Crippen molar-refractivity contribution in [2.45, 2.75) is 0 Å². The summed E-state index contributed by atoms with van der Waals surface area (Å²) in [5.74, 6) is 0. The highest BCUT2D eigenvalue weighted by Crippen LogP contribution is 2.43. The van der Waals surface area contributed by atoms with Gasteiger partial charge in [0.25, 0.3) is 0 Å². The van der Waals surface area contributed by atoms with Gasteiger partial charge in [-0.3, -0.25) is 0 Å². The van der Waals surface area contributed by atoms with Crippen LogP contribution in [-0.2, 0) is 0 Å².